The molecule has 0 bridgehead atoms. The van der Waals surface area contributed by atoms with Crippen LogP contribution in [0.2, 0.25) is 0 Å². The largest absolute Gasteiger partial charge is 0.327 e. The fourth-order valence-corrected chi connectivity index (χ4v) is 1.69. The van der Waals surface area contributed by atoms with Crippen LogP contribution < -0.4 is 5.73 Å². The zero-order valence-corrected chi connectivity index (χ0v) is 9.00. The van der Waals surface area contributed by atoms with Gasteiger partial charge in [-0.25, -0.2) is 0 Å². The van der Waals surface area contributed by atoms with Crippen LogP contribution in [0.25, 0.3) is 0 Å². The van der Waals surface area contributed by atoms with E-state index in [0.717, 1.165) is 22.5 Å². The third-order valence-corrected chi connectivity index (χ3v) is 2.93. The van der Waals surface area contributed by atoms with Gasteiger partial charge in [0.1, 0.15) is 0 Å². The lowest BCUT2D eigenvalue weighted by atomic mass is 10.1. The maximum atomic E-state index is 6.00. The molecule has 0 saturated heterocycles. The zero-order chi connectivity index (χ0) is 9.26. The fourth-order valence-electron chi connectivity index (χ4n) is 1.46. The Morgan fingerprint density at radius 2 is 2.31 bits per heavy atom. The quantitative estimate of drug-likeness (QED) is 0.880. The maximum absolute atomic E-state index is 6.00. The van der Waals surface area contributed by atoms with Gasteiger partial charge >= 0.3 is 0 Å². The van der Waals surface area contributed by atoms with Gasteiger partial charge in [0.05, 0.1) is 0 Å². The molecule has 1 fully saturated rings. The fraction of sp³-hybridized carbons (Fsp3) is 0.500. The number of rotatable bonds is 3. The summed E-state index contributed by atoms with van der Waals surface area (Å²) in [6, 6.07) is 4.36. The molecule has 0 radical (unpaired) electrons. The Hall–Kier alpha value is -0.410. The minimum atomic E-state index is 0.314. The van der Waals surface area contributed by atoms with Crippen molar-refractivity contribution < 1.29 is 0 Å². The van der Waals surface area contributed by atoms with Crippen LogP contribution in [0, 0.1) is 5.92 Å². The number of nitrogens with zero attached hydrogens (tertiary/aromatic N) is 1. The molecule has 3 heteroatoms. The van der Waals surface area contributed by atoms with Gasteiger partial charge < -0.3 is 5.73 Å². The minimum Gasteiger partial charge on any atom is -0.327 e. The molecule has 1 aromatic heterocycles. The summed E-state index contributed by atoms with van der Waals surface area (Å²) in [5.41, 5.74) is 7.10. The van der Waals surface area contributed by atoms with E-state index in [1.807, 2.05) is 18.3 Å². The summed E-state index contributed by atoms with van der Waals surface area (Å²) in [5, 5.41) is 0. The highest BCUT2D eigenvalue weighted by atomic mass is 79.9. The van der Waals surface area contributed by atoms with Crippen molar-refractivity contribution in [2.75, 3.05) is 0 Å². The normalized spacial score (nSPS) is 18.6. The van der Waals surface area contributed by atoms with Crippen molar-refractivity contribution in [3.8, 4) is 0 Å². The van der Waals surface area contributed by atoms with Crippen molar-refractivity contribution in [1.29, 1.82) is 0 Å². The summed E-state index contributed by atoms with van der Waals surface area (Å²) in [7, 11) is 0. The molecule has 0 spiro atoms. The summed E-state index contributed by atoms with van der Waals surface area (Å²) in [6.07, 6.45) is 5.35. The van der Waals surface area contributed by atoms with Gasteiger partial charge in [-0.1, -0.05) is 0 Å². The lowest BCUT2D eigenvalue weighted by Gasteiger charge is -2.08. The molecule has 2 rings (SSSR count). The lowest BCUT2D eigenvalue weighted by Crippen LogP contribution is -2.25. The number of nitrogens with two attached hydrogens (primary N) is 1. The Bertz CT molecular complexity index is 279. The van der Waals surface area contributed by atoms with Crippen LogP contribution in [0.15, 0.2) is 22.8 Å². The van der Waals surface area contributed by atoms with Gasteiger partial charge in [0, 0.05) is 28.8 Å². The van der Waals surface area contributed by atoms with Gasteiger partial charge in [-0.2, -0.15) is 0 Å². The van der Waals surface area contributed by atoms with E-state index in [9.17, 15) is 0 Å². The predicted molar refractivity (Wildman–Crippen MR) is 56.3 cm³/mol. The molecule has 0 aromatic carbocycles. The highest BCUT2D eigenvalue weighted by molar-refractivity contribution is 9.10. The van der Waals surface area contributed by atoms with Gasteiger partial charge in [-0.05, 0) is 46.8 Å². The SMILES string of the molecule is NC(Cc1ccc(Br)cn1)C1CC1. The molecule has 70 valence electrons. The molecule has 0 aliphatic heterocycles. The molecule has 1 saturated carbocycles. The highest BCUT2D eigenvalue weighted by Gasteiger charge is 2.28. The third kappa shape index (κ3) is 2.51. The van der Waals surface area contributed by atoms with Crippen molar-refractivity contribution in [2.45, 2.75) is 25.3 Å². The van der Waals surface area contributed by atoms with E-state index in [-0.39, 0.29) is 0 Å². The number of pyridine rings is 1. The van der Waals surface area contributed by atoms with E-state index in [4.69, 9.17) is 5.73 Å². The van der Waals surface area contributed by atoms with E-state index in [0.29, 0.717) is 6.04 Å². The lowest BCUT2D eigenvalue weighted by molar-refractivity contribution is 0.584. The van der Waals surface area contributed by atoms with Crippen LogP contribution in [0.1, 0.15) is 18.5 Å². The Kier molecular flexibility index (Phi) is 2.65. The molecule has 2 nitrogen and oxygen atoms in total. The number of hydrogen-bond donors (Lipinski definition) is 1. The average Bonchev–Trinajstić information content (AvgIpc) is 2.91. The monoisotopic (exact) mass is 240 g/mol. The molecular formula is C10H13BrN2. The topological polar surface area (TPSA) is 38.9 Å². The van der Waals surface area contributed by atoms with Crippen molar-refractivity contribution in [2.24, 2.45) is 11.7 Å². The van der Waals surface area contributed by atoms with Crippen molar-refractivity contribution in [3.05, 3.63) is 28.5 Å². The first-order valence-electron chi connectivity index (χ1n) is 4.62. The van der Waals surface area contributed by atoms with Gasteiger partial charge in [-0.3, -0.25) is 4.98 Å². The van der Waals surface area contributed by atoms with Gasteiger partial charge in [0.15, 0.2) is 0 Å². The number of aromatic nitrogens is 1. The van der Waals surface area contributed by atoms with Crippen molar-refractivity contribution in [3.63, 3.8) is 0 Å². The minimum absolute atomic E-state index is 0.314. The standard InChI is InChI=1S/C10H13BrN2/c11-8-3-4-9(13-6-8)5-10(12)7-1-2-7/h3-4,6-7,10H,1-2,5,12H2. The molecular weight excluding hydrogens is 228 g/mol. The molecule has 0 amide bonds. The molecule has 1 unspecified atom stereocenters. The predicted octanol–water partition coefficient (Wildman–Crippen LogP) is 2.12. The van der Waals surface area contributed by atoms with Crippen LogP contribution in [0.5, 0.6) is 0 Å². The number of hydrogen-bond acceptors (Lipinski definition) is 2. The molecule has 1 aliphatic carbocycles. The van der Waals surface area contributed by atoms with E-state index < -0.39 is 0 Å². The van der Waals surface area contributed by atoms with Crippen LogP contribution >= 0.6 is 15.9 Å². The second kappa shape index (κ2) is 3.76. The highest BCUT2D eigenvalue weighted by Crippen LogP contribution is 2.32. The smallest absolute Gasteiger partial charge is 0.0420 e. The first kappa shape index (κ1) is 9.16. The van der Waals surface area contributed by atoms with Crippen LogP contribution in [0.3, 0.4) is 0 Å². The van der Waals surface area contributed by atoms with Crippen LogP contribution in [-0.2, 0) is 6.42 Å². The zero-order valence-electron chi connectivity index (χ0n) is 7.41. The first-order valence-corrected chi connectivity index (χ1v) is 5.41. The molecule has 1 aliphatic rings. The van der Waals surface area contributed by atoms with Crippen molar-refractivity contribution >= 4 is 15.9 Å². The van der Waals surface area contributed by atoms with Gasteiger partial charge in [0.2, 0.25) is 0 Å². The Balaban J connectivity index is 1.96. The molecule has 1 aromatic rings. The van der Waals surface area contributed by atoms with Crippen LogP contribution in [-0.4, -0.2) is 11.0 Å². The second-order valence-electron chi connectivity index (χ2n) is 3.67. The molecule has 13 heavy (non-hydrogen) atoms. The maximum Gasteiger partial charge on any atom is 0.0420 e. The summed E-state index contributed by atoms with van der Waals surface area (Å²) >= 11 is 3.36. The molecule has 2 N–H and O–H groups in total. The van der Waals surface area contributed by atoms with Gasteiger partial charge in [0.25, 0.3) is 0 Å². The van der Waals surface area contributed by atoms with Crippen molar-refractivity contribution in [1.82, 2.24) is 4.98 Å². The summed E-state index contributed by atoms with van der Waals surface area (Å²) in [6.45, 7) is 0. The summed E-state index contributed by atoms with van der Waals surface area (Å²) in [5.74, 6) is 0.755. The second-order valence-corrected chi connectivity index (χ2v) is 4.59. The van der Waals surface area contributed by atoms with E-state index in [2.05, 4.69) is 20.9 Å². The average molecular weight is 241 g/mol. The Labute approximate surface area is 86.7 Å². The summed E-state index contributed by atoms with van der Waals surface area (Å²) < 4.78 is 1.02. The van der Waals surface area contributed by atoms with E-state index >= 15 is 0 Å². The molecule has 1 heterocycles. The van der Waals surface area contributed by atoms with E-state index in [1.165, 1.54) is 12.8 Å². The number of halogens is 1. The Morgan fingerprint density at radius 3 is 2.85 bits per heavy atom. The van der Waals surface area contributed by atoms with E-state index in [1.54, 1.807) is 0 Å². The first-order chi connectivity index (χ1) is 6.25. The Morgan fingerprint density at radius 1 is 1.54 bits per heavy atom. The van der Waals surface area contributed by atoms with Crippen LogP contribution in [0.4, 0.5) is 0 Å². The van der Waals surface area contributed by atoms with Gasteiger partial charge in [-0.15, -0.1) is 0 Å². The molecule has 1 atom stereocenters. The third-order valence-electron chi connectivity index (χ3n) is 2.46. The summed E-state index contributed by atoms with van der Waals surface area (Å²) in [4.78, 5) is 4.30.